The number of rotatable bonds is 11. The predicted octanol–water partition coefficient (Wildman–Crippen LogP) is 5.57. The van der Waals surface area contributed by atoms with Crippen molar-refractivity contribution in [3.05, 3.63) is 47.8 Å². The van der Waals surface area contributed by atoms with Crippen molar-refractivity contribution >= 4 is 5.91 Å². The first kappa shape index (κ1) is 25.2. The summed E-state index contributed by atoms with van der Waals surface area (Å²) in [6.07, 6.45) is -1.35. The molecule has 29 heavy (non-hydrogen) atoms. The molecule has 3 nitrogen and oxygen atoms in total. The van der Waals surface area contributed by atoms with Crippen LogP contribution in [0.1, 0.15) is 66.0 Å². The first-order valence-corrected chi connectivity index (χ1v) is 10.1. The van der Waals surface area contributed by atoms with Gasteiger partial charge in [-0.25, -0.2) is 13.2 Å². The number of nitrogens with two attached hydrogens (primary N) is 1. The number of hydrogen-bond donors (Lipinski definition) is 2. The number of allylic oxidation sites excluding steroid dienone is 2. The third kappa shape index (κ3) is 6.59. The van der Waals surface area contributed by atoms with E-state index in [0.29, 0.717) is 12.8 Å². The highest BCUT2D eigenvalue weighted by Crippen LogP contribution is 2.39. The van der Waals surface area contributed by atoms with E-state index in [2.05, 4.69) is 5.32 Å². The Labute approximate surface area is 172 Å². The molecule has 6 heteroatoms. The van der Waals surface area contributed by atoms with Crippen LogP contribution in [-0.4, -0.2) is 24.3 Å². The van der Waals surface area contributed by atoms with Gasteiger partial charge in [-0.2, -0.15) is 0 Å². The minimum atomic E-state index is -1.60. The Bertz CT molecular complexity index is 691. The summed E-state index contributed by atoms with van der Waals surface area (Å²) >= 11 is 0. The molecule has 0 aliphatic rings. The van der Waals surface area contributed by atoms with Crippen LogP contribution in [0.25, 0.3) is 0 Å². The average Bonchev–Trinajstić information content (AvgIpc) is 2.66. The predicted molar refractivity (Wildman–Crippen MR) is 112 cm³/mol. The van der Waals surface area contributed by atoms with E-state index >= 15 is 4.39 Å². The molecule has 0 aliphatic heterocycles. The highest BCUT2D eigenvalue weighted by atomic mass is 19.2. The fourth-order valence-electron chi connectivity index (χ4n) is 3.22. The van der Waals surface area contributed by atoms with Crippen molar-refractivity contribution in [2.45, 2.75) is 78.8 Å². The van der Waals surface area contributed by atoms with E-state index in [-0.39, 0.29) is 6.04 Å². The van der Waals surface area contributed by atoms with Gasteiger partial charge < -0.3 is 5.73 Å². The smallest absolute Gasteiger partial charge is 0.239 e. The summed E-state index contributed by atoms with van der Waals surface area (Å²) in [4.78, 5) is 11.9. The molecule has 1 amide bonds. The molecule has 0 spiro atoms. The van der Waals surface area contributed by atoms with Crippen LogP contribution in [0, 0.1) is 10.8 Å². The standard InChI is InChI=1S/C23H35F3N2O/c1-7-23(6,19(26)13-18(25)22(4,5)16(3)24)14-15(2)28-20(21(27)29)17-11-9-8-10-12-17/h8-13,15-16,19-20,28H,7,14H2,1-6H3,(H2,27,29). The van der Waals surface area contributed by atoms with Crippen LogP contribution in [0.4, 0.5) is 13.2 Å². The first-order chi connectivity index (χ1) is 13.3. The van der Waals surface area contributed by atoms with Gasteiger partial charge in [0, 0.05) is 16.9 Å². The summed E-state index contributed by atoms with van der Waals surface area (Å²) in [7, 11) is 0. The highest BCUT2D eigenvalue weighted by Gasteiger charge is 2.37. The summed E-state index contributed by atoms with van der Waals surface area (Å²) in [5.41, 5.74) is 4.00. The molecule has 0 heterocycles. The molecule has 5 unspecified atom stereocenters. The molecule has 0 aromatic heterocycles. The van der Waals surface area contributed by atoms with Gasteiger partial charge in [0.25, 0.3) is 0 Å². The van der Waals surface area contributed by atoms with Crippen LogP contribution in [0.15, 0.2) is 42.2 Å². The quantitative estimate of drug-likeness (QED) is 0.499. The monoisotopic (exact) mass is 412 g/mol. The summed E-state index contributed by atoms with van der Waals surface area (Å²) in [5, 5.41) is 3.16. The van der Waals surface area contributed by atoms with Crippen molar-refractivity contribution in [3.8, 4) is 0 Å². The van der Waals surface area contributed by atoms with Gasteiger partial charge >= 0.3 is 0 Å². The Morgan fingerprint density at radius 3 is 2.17 bits per heavy atom. The number of carbonyl (C=O) groups is 1. The lowest BCUT2D eigenvalue weighted by Gasteiger charge is -2.35. The number of benzene rings is 1. The third-order valence-corrected chi connectivity index (χ3v) is 6.02. The lowest BCUT2D eigenvalue weighted by molar-refractivity contribution is -0.120. The average molecular weight is 413 g/mol. The van der Waals surface area contributed by atoms with Crippen molar-refractivity contribution in [1.82, 2.24) is 5.32 Å². The van der Waals surface area contributed by atoms with E-state index in [1.165, 1.54) is 20.8 Å². The van der Waals surface area contributed by atoms with Crippen LogP contribution in [0.5, 0.6) is 0 Å². The molecule has 3 N–H and O–H groups in total. The zero-order valence-corrected chi connectivity index (χ0v) is 18.3. The minimum Gasteiger partial charge on any atom is -0.368 e. The van der Waals surface area contributed by atoms with Gasteiger partial charge in [-0.1, -0.05) is 58.0 Å². The fourth-order valence-corrected chi connectivity index (χ4v) is 3.22. The van der Waals surface area contributed by atoms with Gasteiger partial charge in [-0.05, 0) is 38.3 Å². The van der Waals surface area contributed by atoms with E-state index < -0.39 is 40.9 Å². The van der Waals surface area contributed by atoms with Crippen molar-refractivity contribution in [2.75, 3.05) is 0 Å². The Balaban J connectivity index is 2.97. The van der Waals surface area contributed by atoms with Crippen LogP contribution < -0.4 is 11.1 Å². The fraction of sp³-hybridized carbons (Fsp3) is 0.609. The summed E-state index contributed by atoms with van der Waals surface area (Å²) < 4.78 is 43.3. The maximum atomic E-state index is 15.1. The van der Waals surface area contributed by atoms with Crippen molar-refractivity contribution in [3.63, 3.8) is 0 Å². The lowest BCUT2D eigenvalue weighted by atomic mass is 9.75. The number of carbonyl (C=O) groups excluding carboxylic acids is 1. The minimum absolute atomic E-state index is 0.263. The van der Waals surface area contributed by atoms with E-state index in [1.54, 1.807) is 19.1 Å². The topological polar surface area (TPSA) is 55.1 Å². The first-order valence-electron chi connectivity index (χ1n) is 10.1. The molecule has 5 atom stereocenters. The van der Waals surface area contributed by atoms with Gasteiger partial charge in [-0.3, -0.25) is 10.1 Å². The van der Waals surface area contributed by atoms with Crippen molar-refractivity contribution < 1.29 is 18.0 Å². The second-order valence-electron chi connectivity index (χ2n) is 8.78. The Morgan fingerprint density at radius 1 is 1.17 bits per heavy atom. The SMILES string of the molecule is CCC(C)(CC(C)NC(C(N)=O)c1ccccc1)C(F)C=C(F)C(C)(C)C(C)F. The zero-order valence-electron chi connectivity index (χ0n) is 18.3. The van der Waals surface area contributed by atoms with E-state index in [4.69, 9.17) is 5.73 Å². The normalized spacial score (nSPS) is 19.1. The second kappa shape index (κ2) is 10.3. The van der Waals surface area contributed by atoms with E-state index in [1.807, 2.05) is 32.0 Å². The van der Waals surface area contributed by atoms with Crippen LogP contribution in [0.3, 0.4) is 0 Å². The largest absolute Gasteiger partial charge is 0.368 e. The van der Waals surface area contributed by atoms with Gasteiger partial charge in [0.05, 0.1) is 0 Å². The van der Waals surface area contributed by atoms with Gasteiger partial charge in [0.1, 0.15) is 24.2 Å². The molecular weight excluding hydrogens is 377 g/mol. The molecule has 1 aromatic carbocycles. The molecule has 0 fully saturated rings. The highest BCUT2D eigenvalue weighted by molar-refractivity contribution is 5.81. The molecule has 0 bridgehead atoms. The molecule has 1 rings (SSSR count). The Kier molecular flexibility index (Phi) is 8.94. The van der Waals surface area contributed by atoms with E-state index in [9.17, 15) is 13.6 Å². The molecular formula is C23H35F3N2O. The summed E-state index contributed by atoms with van der Waals surface area (Å²) in [6, 6.07) is 8.09. The molecule has 0 radical (unpaired) electrons. The maximum Gasteiger partial charge on any atom is 0.239 e. The van der Waals surface area contributed by atoms with Crippen LogP contribution in [0.2, 0.25) is 0 Å². The number of alkyl halides is 2. The molecule has 164 valence electrons. The van der Waals surface area contributed by atoms with Crippen molar-refractivity contribution in [2.24, 2.45) is 16.6 Å². The summed E-state index contributed by atoms with van der Waals surface area (Å²) in [6.45, 7) is 9.50. The lowest BCUT2D eigenvalue weighted by Crippen LogP contribution is -2.42. The number of primary amides is 1. The number of amides is 1. The molecule has 0 aliphatic carbocycles. The Hall–Kier alpha value is -1.82. The zero-order chi connectivity index (χ0) is 22.4. The van der Waals surface area contributed by atoms with Gasteiger partial charge in [0.15, 0.2) is 0 Å². The summed E-state index contributed by atoms with van der Waals surface area (Å²) in [5.74, 6) is -1.32. The van der Waals surface area contributed by atoms with Gasteiger partial charge in [0.2, 0.25) is 5.91 Å². The van der Waals surface area contributed by atoms with Crippen molar-refractivity contribution in [1.29, 1.82) is 0 Å². The van der Waals surface area contributed by atoms with Crippen LogP contribution in [-0.2, 0) is 4.79 Å². The molecule has 0 saturated heterocycles. The number of hydrogen-bond acceptors (Lipinski definition) is 2. The second-order valence-corrected chi connectivity index (χ2v) is 8.78. The maximum absolute atomic E-state index is 15.1. The molecule has 0 saturated carbocycles. The van der Waals surface area contributed by atoms with E-state index in [0.717, 1.165) is 11.6 Å². The van der Waals surface area contributed by atoms with Crippen LogP contribution >= 0.6 is 0 Å². The number of nitrogens with one attached hydrogen (secondary N) is 1. The Morgan fingerprint density at radius 2 is 1.72 bits per heavy atom. The number of halogens is 3. The van der Waals surface area contributed by atoms with Gasteiger partial charge in [-0.15, -0.1) is 0 Å². The molecule has 1 aromatic rings. The third-order valence-electron chi connectivity index (χ3n) is 6.02.